The number of para-hydroxylation sites is 1. The van der Waals surface area contributed by atoms with Gasteiger partial charge in [-0.2, -0.15) is 0 Å². The van der Waals surface area contributed by atoms with Crippen LogP contribution in [0, 0.1) is 23.7 Å². The second kappa shape index (κ2) is 10.8. The van der Waals surface area contributed by atoms with Crippen molar-refractivity contribution in [3.05, 3.63) is 112 Å². The molecule has 4 saturated carbocycles. The zero-order valence-electron chi connectivity index (χ0n) is 38.6. The summed E-state index contributed by atoms with van der Waals surface area (Å²) in [5, 5.41) is 0. The molecule has 2 heteroatoms. The van der Waals surface area contributed by atoms with Gasteiger partial charge in [-0.25, -0.2) is 0 Å². The maximum absolute atomic E-state index is 10.2. The minimum Gasteiger partial charge on any atom is -0.457 e. The molecular weight excluding hydrogens is 631 g/mol. The van der Waals surface area contributed by atoms with Crippen molar-refractivity contribution < 1.29 is 13.0 Å². The molecule has 11 rings (SSSR count). The first-order chi connectivity index (χ1) is 27.2. The summed E-state index contributed by atoms with van der Waals surface area (Å²) in [6.45, 7) is 17.1. The number of hydrogen-bond donors (Lipinski definition) is 0. The second-order valence-electron chi connectivity index (χ2n) is 20.3. The fourth-order valence-corrected chi connectivity index (χ4v) is 12.2. The SMILES string of the molecule is [2H]c1c([2H])c2c(c([2H])c1N(c1ccc3c(c1)C1(c4ccccc4O3)C3CC4CC(C3)CC1C4)c1c([2H])c([2H])c3c(c1[2H])C(C)(C)CCC3(C)C)C(C)(C)CCC2(C)C. The van der Waals surface area contributed by atoms with Crippen LogP contribution in [0.4, 0.5) is 17.1 Å². The third-order valence-corrected chi connectivity index (χ3v) is 15.1. The summed E-state index contributed by atoms with van der Waals surface area (Å²) in [5.74, 6) is 4.15. The van der Waals surface area contributed by atoms with Gasteiger partial charge in [-0.15, -0.1) is 0 Å². The number of fused-ring (bicyclic) bond motifs is 4. The average molecular weight is 696 g/mol. The lowest BCUT2D eigenvalue weighted by Gasteiger charge is -2.63. The van der Waals surface area contributed by atoms with Crippen molar-refractivity contribution in [1.82, 2.24) is 0 Å². The van der Waals surface area contributed by atoms with Gasteiger partial charge < -0.3 is 9.64 Å². The van der Waals surface area contributed by atoms with E-state index in [0.717, 1.165) is 76.8 Å². The van der Waals surface area contributed by atoms with Crippen molar-refractivity contribution in [3.8, 4) is 11.5 Å². The van der Waals surface area contributed by atoms with Crippen LogP contribution in [0.25, 0.3) is 0 Å². The van der Waals surface area contributed by atoms with E-state index < -0.39 is 21.7 Å². The first kappa shape index (κ1) is 27.1. The smallest absolute Gasteiger partial charge is 0.131 e. The quantitative estimate of drug-likeness (QED) is 0.212. The van der Waals surface area contributed by atoms with Gasteiger partial charge in [0, 0.05) is 33.6 Å². The van der Waals surface area contributed by atoms with E-state index in [-0.39, 0.29) is 53.0 Å². The van der Waals surface area contributed by atoms with E-state index in [1.165, 1.54) is 37.7 Å². The maximum atomic E-state index is 10.2. The van der Waals surface area contributed by atoms with Gasteiger partial charge in [0.2, 0.25) is 0 Å². The molecule has 4 bridgehead atoms. The van der Waals surface area contributed by atoms with Gasteiger partial charge >= 0.3 is 0 Å². The van der Waals surface area contributed by atoms with Crippen molar-refractivity contribution in [2.24, 2.45) is 23.7 Å². The van der Waals surface area contributed by atoms with Gasteiger partial charge in [0.1, 0.15) is 11.5 Å². The molecule has 0 atom stereocenters. The molecule has 1 spiro atoms. The Bertz CT molecular complexity index is 2320. The second-order valence-corrected chi connectivity index (χ2v) is 20.3. The van der Waals surface area contributed by atoms with Gasteiger partial charge in [-0.1, -0.05) is 85.7 Å². The van der Waals surface area contributed by atoms with Crippen LogP contribution in [0.2, 0.25) is 0 Å². The standard InChI is InChI=1S/C50H59NO/c1-46(2)19-21-48(5,6)41-28-35(13-16-38(41)46)51(36-14-17-39-42(29-36)49(7,8)22-20-47(39,3)4)37-15-18-45-43(30-37)50(40-11-9-10-12-44(40)52-45)33-24-31-23-32(26-33)27-34(50)25-31/h9-18,28-34H,19-27H2,1-8H3/i13D,14D,16D,17D,28D,29D. The fourth-order valence-electron chi connectivity index (χ4n) is 12.2. The summed E-state index contributed by atoms with van der Waals surface area (Å²) in [4.78, 5) is 1.81. The fraction of sp³-hybridized carbons (Fsp3) is 0.520. The molecular formula is C50H59NO. The summed E-state index contributed by atoms with van der Waals surface area (Å²) in [6, 6.07) is 15.3. The Morgan fingerprint density at radius 3 is 1.54 bits per heavy atom. The molecule has 0 aromatic heterocycles. The van der Waals surface area contributed by atoms with Crippen LogP contribution < -0.4 is 9.64 Å². The van der Waals surface area contributed by atoms with Gasteiger partial charge in [0.15, 0.2) is 0 Å². The topological polar surface area (TPSA) is 12.5 Å². The highest BCUT2D eigenvalue weighted by Crippen LogP contribution is 2.69. The third kappa shape index (κ3) is 4.61. The monoisotopic (exact) mass is 695 g/mol. The molecule has 2 nitrogen and oxygen atoms in total. The van der Waals surface area contributed by atoms with Crippen molar-refractivity contribution in [1.29, 1.82) is 0 Å². The van der Waals surface area contributed by atoms with Crippen LogP contribution in [0.1, 0.15) is 155 Å². The summed E-state index contributed by atoms with van der Waals surface area (Å²) in [7, 11) is 0. The highest BCUT2D eigenvalue weighted by molar-refractivity contribution is 5.80. The summed E-state index contributed by atoms with van der Waals surface area (Å²) in [5.41, 5.74) is 4.63. The number of benzene rings is 4. The number of anilines is 3. The number of nitrogens with zero attached hydrogens (tertiary/aromatic N) is 1. The van der Waals surface area contributed by atoms with Crippen molar-refractivity contribution in [2.75, 3.05) is 4.90 Å². The molecule has 4 fully saturated rings. The summed E-state index contributed by atoms with van der Waals surface area (Å²) >= 11 is 0. The third-order valence-electron chi connectivity index (χ3n) is 15.1. The Kier molecular flexibility index (Phi) is 5.63. The van der Waals surface area contributed by atoms with Crippen LogP contribution in [-0.4, -0.2) is 0 Å². The molecule has 6 aliphatic carbocycles. The predicted octanol–water partition coefficient (Wildman–Crippen LogP) is 13.7. The molecule has 4 aromatic carbocycles. The molecule has 0 unspecified atom stereocenters. The number of ether oxygens (including phenoxy) is 1. The Morgan fingerprint density at radius 2 is 1.00 bits per heavy atom. The number of rotatable bonds is 3. The van der Waals surface area contributed by atoms with E-state index in [1.54, 1.807) is 0 Å². The highest BCUT2D eigenvalue weighted by atomic mass is 16.5. The van der Waals surface area contributed by atoms with E-state index in [4.69, 9.17) is 4.74 Å². The Balaban J connectivity index is 1.31. The molecule has 7 aliphatic rings. The zero-order chi connectivity index (χ0) is 41.2. The molecule has 270 valence electrons. The molecule has 0 amide bonds. The summed E-state index contributed by atoms with van der Waals surface area (Å²) in [6.07, 6.45) is 9.46. The van der Waals surface area contributed by atoms with E-state index in [9.17, 15) is 8.22 Å². The van der Waals surface area contributed by atoms with Crippen LogP contribution in [-0.2, 0) is 27.1 Å². The van der Waals surface area contributed by atoms with Gasteiger partial charge in [-0.3, -0.25) is 0 Å². The lowest BCUT2D eigenvalue weighted by Crippen LogP contribution is -2.57. The highest BCUT2D eigenvalue weighted by Gasteiger charge is 2.61. The largest absolute Gasteiger partial charge is 0.457 e. The van der Waals surface area contributed by atoms with Gasteiger partial charge in [0.25, 0.3) is 0 Å². The van der Waals surface area contributed by atoms with Crippen LogP contribution in [0.15, 0.2) is 78.7 Å². The average Bonchev–Trinajstić information content (AvgIpc) is 3.15. The first-order valence-corrected chi connectivity index (χ1v) is 20.2. The molecule has 0 saturated heterocycles. The molecule has 0 radical (unpaired) electrons. The van der Waals surface area contributed by atoms with Crippen LogP contribution >= 0.6 is 0 Å². The molecule has 1 aliphatic heterocycles. The minimum atomic E-state index is -0.431. The van der Waals surface area contributed by atoms with Gasteiger partial charge in [-0.05, 0) is 174 Å². The Hall–Kier alpha value is -3.52. The molecule has 1 heterocycles. The van der Waals surface area contributed by atoms with E-state index in [0.29, 0.717) is 17.5 Å². The molecule has 0 N–H and O–H groups in total. The molecule has 4 aromatic rings. The zero-order valence-corrected chi connectivity index (χ0v) is 32.6. The lowest BCUT2D eigenvalue weighted by atomic mass is 9.42. The van der Waals surface area contributed by atoms with Crippen LogP contribution in [0.5, 0.6) is 11.5 Å². The van der Waals surface area contributed by atoms with E-state index >= 15 is 0 Å². The Morgan fingerprint density at radius 1 is 0.519 bits per heavy atom. The molecule has 52 heavy (non-hydrogen) atoms. The van der Waals surface area contributed by atoms with E-state index in [1.807, 2.05) is 17.0 Å². The van der Waals surface area contributed by atoms with Crippen molar-refractivity contribution >= 4 is 17.1 Å². The normalized spacial score (nSPS) is 32.1. The van der Waals surface area contributed by atoms with E-state index in [2.05, 4.69) is 85.7 Å². The van der Waals surface area contributed by atoms with Crippen LogP contribution in [0.3, 0.4) is 0 Å². The maximum Gasteiger partial charge on any atom is 0.131 e. The van der Waals surface area contributed by atoms with Gasteiger partial charge in [0.05, 0.1) is 8.22 Å². The summed E-state index contributed by atoms with van der Waals surface area (Å²) < 4.78 is 66.5. The van der Waals surface area contributed by atoms with Crippen molar-refractivity contribution in [3.63, 3.8) is 0 Å². The first-order valence-electron chi connectivity index (χ1n) is 23.2. The van der Waals surface area contributed by atoms with Crippen molar-refractivity contribution in [2.45, 2.75) is 140 Å². The predicted molar refractivity (Wildman–Crippen MR) is 216 cm³/mol. The lowest BCUT2D eigenvalue weighted by molar-refractivity contribution is -0.0452. The Labute approximate surface area is 321 Å². The minimum absolute atomic E-state index is 0.0687. The number of hydrogen-bond acceptors (Lipinski definition) is 2.